The summed E-state index contributed by atoms with van der Waals surface area (Å²) < 4.78 is 14.7. The van der Waals surface area contributed by atoms with Crippen LogP contribution in [0.3, 0.4) is 0 Å². The van der Waals surface area contributed by atoms with E-state index in [1.807, 2.05) is 35.6 Å². The fraction of sp³-hybridized carbons (Fsp3) is 0.0217. The summed E-state index contributed by atoms with van der Waals surface area (Å²) in [5.41, 5.74) is 11.2. The zero-order chi connectivity index (χ0) is 33.5. The minimum absolute atomic E-state index is 0.0517. The van der Waals surface area contributed by atoms with Crippen LogP contribution in [0.25, 0.3) is 92.3 Å². The molecule has 5 heterocycles. The summed E-state index contributed by atoms with van der Waals surface area (Å²) in [6, 6.07) is 49.1. The molecular formula is C46H28N2O2S. The standard InChI is InChI=1S/C46H28N2O2S/c1-3-13-41-31(7-1)33-23-27(15-19-43(33)49-41)37-9-5-11-39(47-37)29-17-21-45-35(25-29)36-26-30(18-22-46(36)51-45)40-12-6-10-38(48-40)28-16-20-44-34(24-28)32-8-2-4-14-42(32)50-44/h1-26,37,47H. The van der Waals surface area contributed by atoms with Crippen LogP contribution in [0.1, 0.15) is 17.2 Å². The summed E-state index contributed by atoms with van der Waals surface area (Å²) in [7, 11) is 0. The Bertz CT molecular complexity index is 3080. The maximum absolute atomic E-state index is 6.08. The van der Waals surface area contributed by atoms with Crippen LogP contribution >= 0.6 is 11.3 Å². The van der Waals surface area contributed by atoms with E-state index < -0.39 is 0 Å². The van der Waals surface area contributed by atoms with Crippen molar-refractivity contribution in [2.75, 3.05) is 0 Å². The Kier molecular flexibility index (Phi) is 6.15. The first-order valence-electron chi connectivity index (χ1n) is 17.1. The normalized spacial score (nSPS) is 14.7. The van der Waals surface area contributed by atoms with Crippen LogP contribution in [0.5, 0.6) is 0 Å². The topological polar surface area (TPSA) is 51.2 Å². The van der Waals surface area contributed by atoms with Crippen LogP contribution in [0, 0.1) is 0 Å². The van der Waals surface area contributed by atoms with E-state index in [1.54, 1.807) is 0 Å². The zero-order valence-electron chi connectivity index (χ0n) is 27.3. The van der Waals surface area contributed by atoms with Gasteiger partial charge in [-0.25, -0.2) is 4.98 Å². The summed E-state index contributed by atoms with van der Waals surface area (Å²) in [5.74, 6) is 0. The molecule has 0 fully saturated rings. The molecule has 51 heavy (non-hydrogen) atoms. The first kappa shape index (κ1) is 28.4. The highest BCUT2D eigenvalue weighted by molar-refractivity contribution is 7.25. The first-order chi connectivity index (χ1) is 25.2. The van der Waals surface area contributed by atoms with Crippen molar-refractivity contribution in [1.82, 2.24) is 10.3 Å². The maximum atomic E-state index is 6.08. The van der Waals surface area contributed by atoms with Crippen molar-refractivity contribution in [3.63, 3.8) is 0 Å². The second kappa shape index (κ2) is 11.0. The van der Waals surface area contributed by atoms with E-state index >= 15 is 0 Å². The minimum Gasteiger partial charge on any atom is -0.456 e. The Morgan fingerprint density at radius 3 is 1.78 bits per heavy atom. The van der Waals surface area contributed by atoms with Crippen LogP contribution in [0.15, 0.2) is 167 Å². The van der Waals surface area contributed by atoms with Gasteiger partial charge in [0, 0.05) is 58.5 Å². The average Bonchev–Trinajstić information content (AvgIpc) is 3.88. The van der Waals surface area contributed by atoms with Crippen LogP contribution in [-0.2, 0) is 0 Å². The van der Waals surface area contributed by atoms with Gasteiger partial charge in [0.1, 0.15) is 22.3 Å². The van der Waals surface area contributed by atoms with Crippen LogP contribution in [0.2, 0.25) is 0 Å². The van der Waals surface area contributed by atoms with Gasteiger partial charge >= 0.3 is 0 Å². The van der Waals surface area contributed by atoms with E-state index in [2.05, 4.69) is 139 Å². The van der Waals surface area contributed by atoms with E-state index in [0.717, 1.165) is 72.1 Å². The van der Waals surface area contributed by atoms with Crippen molar-refractivity contribution < 1.29 is 8.83 Å². The number of aromatic nitrogens is 1. The van der Waals surface area contributed by atoms with Gasteiger partial charge < -0.3 is 14.2 Å². The Balaban J connectivity index is 0.929. The zero-order valence-corrected chi connectivity index (χ0v) is 28.1. The molecule has 6 aromatic carbocycles. The molecule has 240 valence electrons. The number of nitrogens with one attached hydrogen (secondary N) is 1. The molecule has 1 aliphatic heterocycles. The van der Waals surface area contributed by atoms with Gasteiger partial charge in [-0.15, -0.1) is 11.3 Å². The molecule has 0 saturated carbocycles. The molecule has 0 saturated heterocycles. The largest absolute Gasteiger partial charge is 0.456 e. The molecule has 11 rings (SSSR count). The van der Waals surface area contributed by atoms with Gasteiger partial charge in [0.15, 0.2) is 0 Å². The lowest BCUT2D eigenvalue weighted by Gasteiger charge is -2.22. The third-order valence-corrected chi connectivity index (χ3v) is 11.3. The van der Waals surface area contributed by atoms with E-state index in [1.165, 1.54) is 31.3 Å². The third-order valence-electron chi connectivity index (χ3n) is 10.1. The molecule has 1 N–H and O–H groups in total. The number of allylic oxidation sites excluding steroid dienone is 2. The second-order valence-corrected chi connectivity index (χ2v) is 14.3. The number of pyridine rings is 1. The summed E-state index contributed by atoms with van der Waals surface area (Å²) in [6.45, 7) is 0. The van der Waals surface area contributed by atoms with E-state index in [0.29, 0.717) is 0 Å². The van der Waals surface area contributed by atoms with Gasteiger partial charge in [0.2, 0.25) is 0 Å². The SMILES string of the molecule is C1=CC(c2ccc3oc4ccccc4c3c2)NC(c2ccc3sc4ccc(-c5cccc(-c6ccc7oc8ccccc8c7c6)n5)cc4c3c2)=C1. The number of furan rings is 2. The van der Waals surface area contributed by atoms with Crippen molar-refractivity contribution in [3.05, 3.63) is 169 Å². The number of hydrogen-bond acceptors (Lipinski definition) is 5. The van der Waals surface area contributed by atoms with E-state index in [4.69, 9.17) is 13.8 Å². The Labute approximate surface area is 296 Å². The fourth-order valence-corrected chi connectivity index (χ4v) is 8.65. The molecule has 0 bridgehead atoms. The van der Waals surface area contributed by atoms with Gasteiger partial charge in [-0.3, -0.25) is 0 Å². The third kappa shape index (κ3) is 4.63. The number of thiophene rings is 1. The molecule has 0 radical (unpaired) electrons. The van der Waals surface area contributed by atoms with E-state index in [9.17, 15) is 0 Å². The highest BCUT2D eigenvalue weighted by Crippen LogP contribution is 2.39. The van der Waals surface area contributed by atoms with Gasteiger partial charge in [-0.05, 0) is 96.1 Å². The monoisotopic (exact) mass is 672 g/mol. The van der Waals surface area contributed by atoms with Gasteiger partial charge in [-0.1, -0.05) is 72.8 Å². The fourth-order valence-electron chi connectivity index (χ4n) is 7.58. The predicted molar refractivity (Wildman–Crippen MR) is 212 cm³/mol. The summed E-state index contributed by atoms with van der Waals surface area (Å²) >= 11 is 1.83. The Morgan fingerprint density at radius 2 is 1.06 bits per heavy atom. The van der Waals surface area contributed by atoms with Crippen molar-refractivity contribution in [1.29, 1.82) is 0 Å². The number of nitrogens with zero attached hydrogens (tertiary/aromatic N) is 1. The number of dihydropyridines is 1. The average molecular weight is 673 g/mol. The lowest BCUT2D eigenvalue weighted by Crippen LogP contribution is -2.20. The highest BCUT2D eigenvalue weighted by Gasteiger charge is 2.18. The Hall–Kier alpha value is -6.43. The van der Waals surface area contributed by atoms with Crippen LogP contribution < -0.4 is 5.32 Å². The maximum Gasteiger partial charge on any atom is 0.135 e. The molecule has 0 aliphatic carbocycles. The number of hydrogen-bond donors (Lipinski definition) is 1. The van der Waals surface area contributed by atoms with Gasteiger partial charge in [0.05, 0.1) is 17.4 Å². The molecule has 5 heteroatoms. The molecule has 1 unspecified atom stereocenters. The molecule has 0 spiro atoms. The van der Waals surface area contributed by atoms with Crippen molar-refractivity contribution in [2.24, 2.45) is 0 Å². The first-order valence-corrected chi connectivity index (χ1v) is 18.0. The van der Waals surface area contributed by atoms with Crippen LogP contribution in [-0.4, -0.2) is 4.98 Å². The Morgan fingerprint density at radius 1 is 0.490 bits per heavy atom. The molecule has 0 amide bonds. The van der Waals surface area contributed by atoms with Crippen LogP contribution in [0.4, 0.5) is 0 Å². The highest BCUT2D eigenvalue weighted by atomic mass is 32.1. The van der Waals surface area contributed by atoms with Crippen molar-refractivity contribution >= 4 is 81.1 Å². The molecule has 4 nitrogen and oxygen atoms in total. The number of fused-ring (bicyclic) bond motifs is 9. The van der Waals surface area contributed by atoms with Crippen molar-refractivity contribution in [2.45, 2.75) is 6.04 Å². The summed E-state index contributed by atoms with van der Waals surface area (Å²) in [4.78, 5) is 5.16. The van der Waals surface area contributed by atoms with Gasteiger partial charge in [-0.2, -0.15) is 0 Å². The van der Waals surface area contributed by atoms with E-state index in [-0.39, 0.29) is 6.04 Å². The van der Waals surface area contributed by atoms with Crippen molar-refractivity contribution in [3.8, 4) is 22.5 Å². The second-order valence-electron chi connectivity index (χ2n) is 13.2. The molecule has 1 aliphatic rings. The quantitative estimate of drug-likeness (QED) is 0.202. The van der Waals surface area contributed by atoms with Gasteiger partial charge in [0.25, 0.3) is 0 Å². The molecule has 1 atom stereocenters. The lowest BCUT2D eigenvalue weighted by molar-refractivity contribution is 0.668. The summed E-state index contributed by atoms with van der Waals surface area (Å²) in [5, 5.41) is 10.8. The smallest absolute Gasteiger partial charge is 0.135 e. The lowest BCUT2D eigenvalue weighted by atomic mass is 9.98. The molecule has 10 aromatic rings. The number of rotatable bonds is 4. The molecule has 4 aromatic heterocycles. The number of benzene rings is 6. The molecular weight excluding hydrogens is 645 g/mol. The summed E-state index contributed by atoms with van der Waals surface area (Å²) in [6.07, 6.45) is 6.55. The number of para-hydroxylation sites is 2. The predicted octanol–water partition coefficient (Wildman–Crippen LogP) is 12.8. The minimum atomic E-state index is 0.0517.